The van der Waals surface area contributed by atoms with Gasteiger partial charge in [0, 0.05) is 6.54 Å². The molecule has 1 aromatic rings. The molecule has 0 aliphatic heterocycles. The molecular weight excluding hydrogens is 143 g/mol. The molecule has 0 aromatic heterocycles. The molecular formula is C8H7FN2. The highest BCUT2D eigenvalue weighted by molar-refractivity contribution is 5.15. The van der Waals surface area contributed by atoms with Gasteiger partial charge >= 0.3 is 0 Å². The number of nitrogens with one attached hydrogen (secondary N) is 1. The minimum atomic E-state index is -0.259. The van der Waals surface area contributed by atoms with Crippen molar-refractivity contribution in [3.8, 4) is 6.19 Å². The first-order valence-corrected chi connectivity index (χ1v) is 3.19. The van der Waals surface area contributed by atoms with Gasteiger partial charge in [-0.1, -0.05) is 12.1 Å². The average Bonchev–Trinajstić information content (AvgIpc) is 2.04. The van der Waals surface area contributed by atoms with Crippen molar-refractivity contribution in [2.45, 2.75) is 6.54 Å². The standard InChI is InChI=1S/C8H7FN2/c9-8-3-1-7(2-4-8)5-11-6-10/h1-4,11H,5H2. The van der Waals surface area contributed by atoms with Crippen LogP contribution in [0.5, 0.6) is 0 Å². The van der Waals surface area contributed by atoms with Gasteiger partial charge in [-0.05, 0) is 17.7 Å². The van der Waals surface area contributed by atoms with Gasteiger partial charge in [-0.2, -0.15) is 5.26 Å². The normalized spacial score (nSPS) is 8.73. The second kappa shape index (κ2) is 3.57. The third kappa shape index (κ3) is 2.26. The Kier molecular flexibility index (Phi) is 2.45. The Labute approximate surface area is 64.3 Å². The zero-order valence-corrected chi connectivity index (χ0v) is 5.84. The third-order valence-electron chi connectivity index (χ3n) is 1.28. The van der Waals surface area contributed by atoms with E-state index >= 15 is 0 Å². The molecule has 0 unspecified atom stereocenters. The lowest BCUT2D eigenvalue weighted by molar-refractivity contribution is 0.626. The monoisotopic (exact) mass is 150 g/mol. The van der Waals surface area contributed by atoms with Gasteiger partial charge in [-0.25, -0.2) is 4.39 Å². The van der Waals surface area contributed by atoms with Crippen molar-refractivity contribution in [3.05, 3.63) is 35.6 Å². The first kappa shape index (κ1) is 7.55. The van der Waals surface area contributed by atoms with Crippen LogP contribution in [0.15, 0.2) is 24.3 Å². The summed E-state index contributed by atoms with van der Waals surface area (Å²) in [6.45, 7) is 0.455. The molecule has 1 N–H and O–H groups in total. The maximum absolute atomic E-state index is 12.3. The number of nitriles is 1. The molecule has 0 fully saturated rings. The summed E-state index contributed by atoms with van der Waals surface area (Å²) in [6.07, 6.45) is 1.79. The summed E-state index contributed by atoms with van der Waals surface area (Å²) < 4.78 is 12.3. The molecule has 0 saturated carbocycles. The predicted molar refractivity (Wildman–Crippen MR) is 38.9 cm³/mol. The lowest BCUT2D eigenvalue weighted by atomic mass is 10.2. The Hall–Kier alpha value is -1.56. The van der Waals surface area contributed by atoms with Crippen molar-refractivity contribution < 1.29 is 4.39 Å². The van der Waals surface area contributed by atoms with E-state index in [-0.39, 0.29) is 5.82 Å². The molecule has 0 spiro atoms. The quantitative estimate of drug-likeness (QED) is 0.511. The van der Waals surface area contributed by atoms with Crippen LogP contribution in [0.4, 0.5) is 4.39 Å². The summed E-state index contributed by atoms with van der Waals surface area (Å²) in [7, 11) is 0. The Morgan fingerprint density at radius 3 is 2.55 bits per heavy atom. The molecule has 0 aliphatic rings. The van der Waals surface area contributed by atoms with Gasteiger partial charge < -0.3 is 5.32 Å². The highest BCUT2D eigenvalue weighted by Crippen LogP contribution is 2.01. The first-order chi connectivity index (χ1) is 5.33. The topological polar surface area (TPSA) is 35.8 Å². The van der Waals surface area contributed by atoms with Crippen LogP contribution < -0.4 is 5.32 Å². The van der Waals surface area contributed by atoms with Crippen molar-refractivity contribution in [1.82, 2.24) is 5.32 Å². The molecule has 0 amide bonds. The van der Waals surface area contributed by atoms with Crippen molar-refractivity contribution in [1.29, 1.82) is 5.26 Å². The molecule has 0 aliphatic carbocycles. The van der Waals surface area contributed by atoms with E-state index in [9.17, 15) is 4.39 Å². The summed E-state index contributed by atoms with van der Waals surface area (Å²) in [4.78, 5) is 0. The van der Waals surface area contributed by atoms with E-state index in [1.165, 1.54) is 12.1 Å². The number of rotatable bonds is 2. The molecule has 2 nitrogen and oxygen atoms in total. The van der Waals surface area contributed by atoms with Gasteiger partial charge in [0.1, 0.15) is 5.82 Å². The molecule has 56 valence electrons. The second-order valence-electron chi connectivity index (χ2n) is 2.09. The maximum Gasteiger partial charge on any atom is 0.176 e. The van der Waals surface area contributed by atoms with Crippen LogP contribution in [-0.2, 0) is 6.54 Å². The Balaban J connectivity index is 2.60. The Morgan fingerprint density at radius 1 is 1.36 bits per heavy atom. The van der Waals surface area contributed by atoms with Crippen LogP contribution in [0.2, 0.25) is 0 Å². The molecule has 11 heavy (non-hydrogen) atoms. The zero-order chi connectivity index (χ0) is 8.10. The summed E-state index contributed by atoms with van der Waals surface area (Å²) in [6, 6.07) is 6.02. The van der Waals surface area contributed by atoms with Gasteiger partial charge in [-0.15, -0.1) is 0 Å². The van der Waals surface area contributed by atoms with Gasteiger partial charge in [0.15, 0.2) is 6.19 Å². The van der Waals surface area contributed by atoms with E-state index in [1.807, 2.05) is 0 Å². The molecule has 0 bridgehead atoms. The van der Waals surface area contributed by atoms with Crippen LogP contribution in [0, 0.1) is 17.3 Å². The Bertz CT molecular complexity index is 260. The van der Waals surface area contributed by atoms with E-state index in [1.54, 1.807) is 18.3 Å². The highest BCUT2D eigenvalue weighted by Gasteiger charge is 1.90. The lowest BCUT2D eigenvalue weighted by Gasteiger charge is -1.96. The van der Waals surface area contributed by atoms with Gasteiger partial charge in [0.2, 0.25) is 0 Å². The van der Waals surface area contributed by atoms with E-state index in [4.69, 9.17) is 5.26 Å². The fraction of sp³-hybridized carbons (Fsp3) is 0.125. The van der Waals surface area contributed by atoms with Crippen LogP contribution in [0.3, 0.4) is 0 Å². The van der Waals surface area contributed by atoms with E-state index in [0.717, 1.165) is 5.56 Å². The van der Waals surface area contributed by atoms with Crippen LogP contribution in [-0.4, -0.2) is 0 Å². The van der Waals surface area contributed by atoms with E-state index < -0.39 is 0 Å². The summed E-state index contributed by atoms with van der Waals surface area (Å²) in [5.41, 5.74) is 0.896. The molecule has 3 heteroatoms. The van der Waals surface area contributed by atoms with Crippen molar-refractivity contribution in [2.24, 2.45) is 0 Å². The van der Waals surface area contributed by atoms with Crippen LogP contribution in [0.25, 0.3) is 0 Å². The molecule has 1 aromatic carbocycles. The van der Waals surface area contributed by atoms with Gasteiger partial charge in [0.05, 0.1) is 0 Å². The van der Waals surface area contributed by atoms with E-state index in [0.29, 0.717) is 6.54 Å². The SMILES string of the molecule is N#CNCc1ccc(F)cc1. The fourth-order valence-corrected chi connectivity index (χ4v) is 0.744. The van der Waals surface area contributed by atoms with Crippen LogP contribution >= 0.6 is 0 Å². The van der Waals surface area contributed by atoms with Crippen molar-refractivity contribution >= 4 is 0 Å². The van der Waals surface area contributed by atoms with Crippen molar-refractivity contribution in [3.63, 3.8) is 0 Å². The average molecular weight is 150 g/mol. The minimum absolute atomic E-state index is 0.259. The van der Waals surface area contributed by atoms with Crippen molar-refractivity contribution in [2.75, 3.05) is 0 Å². The first-order valence-electron chi connectivity index (χ1n) is 3.19. The summed E-state index contributed by atoms with van der Waals surface area (Å²) in [5.74, 6) is -0.259. The number of halogens is 1. The summed E-state index contributed by atoms with van der Waals surface area (Å²) in [5, 5.41) is 10.6. The third-order valence-corrected chi connectivity index (χ3v) is 1.28. The number of nitrogens with zero attached hydrogens (tertiary/aromatic N) is 1. The highest BCUT2D eigenvalue weighted by atomic mass is 19.1. The predicted octanol–water partition coefficient (Wildman–Crippen LogP) is 1.40. The Morgan fingerprint density at radius 2 is 2.00 bits per heavy atom. The minimum Gasteiger partial charge on any atom is -0.319 e. The molecule has 0 heterocycles. The van der Waals surface area contributed by atoms with Crippen LogP contribution in [0.1, 0.15) is 5.56 Å². The molecule has 0 saturated heterocycles. The zero-order valence-electron chi connectivity index (χ0n) is 5.84. The smallest absolute Gasteiger partial charge is 0.176 e. The fourth-order valence-electron chi connectivity index (χ4n) is 0.744. The van der Waals surface area contributed by atoms with E-state index in [2.05, 4.69) is 5.32 Å². The number of hydrogen-bond acceptors (Lipinski definition) is 2. The number of hydrogen-bond donors (Lipinski definition) is 1. The largest absolute Gasteiger partial charge is 0.319 e. The molecule has 0 radical (unpaired) electrons. The lowest BCUT2D eigenvalue weighted by Crippen LogP contribution is -2.03. The van der Waals surface area contributed by atoms with Gasteiger partial charge in [-0.3, -0.25) is 0 Å². The van der Waals surface area contributed by atoms with Gasteiger partial charge in [0.25, 0.3) is 0 Å². The molecule has 0 atom stereocenters. The maximum atomic E-state index is 12.3. The molecule has 1 rings (SSSR count). The second-order valence-corrected chi connectivity index (χ2v) is 2.09. The summed E-state index contributed by atoms with van der Waals surface area (Å²) >= 11 is 0. The number of benzene rings is 1.